The lowest BCUT2D eigenvalue weighted by molar-refractivity contribution is 0.413. The van der Waals surface area contributed by atoms with Gasteiger partial charge in [0.2, 0.25) is 0 Å². The first-order valence-electron chi connectivity index (χ1n) is 5.12. The van der Waals surface area contributed by atoms with E-state index in [0.717, 1.165) is 12.2 Å². The van der Waals surface area contributed by atoms with E-state index in [1.807, 2.05) is 12.1 Å². The lowest BCUT2D eigenvalue weighted by atomic mass is 10.3. The molecule has 0 aliphatic carbocycles. The van der Waals surface area contributed by atoms with Crippen LogP contribution in [0.25, 0.3) is 0 Å². The van der Waals surface area contributed by atoms with Gasteiger partial charge in [0.1, 0.15) is 12.1 Å². The van der Waals surface area contributed by atoms with E-state index in [-0.39, 0.29) is 0 Å². The third-order valence-electron chi connectivity index (χ3n) is 2.21. The average molecular weight is 254 g/mol. The molecule has 0 amide bonds. The molecule has 90 valence electrons. The van der Waals surface area contributed by atoms with Crippen molar-refractivity contribution in [1.29, 1.82) is 0 Å². The Kier molecular flexibility index (Phi) is 3.82. The Morgan fingerprint density at radius 1 is 1.47 bits per heavy atom. The molecule has 17 heavy (non-hydrogen) atoms. The third-order valence-corrected chi connectivity index (χ3v) is 2.48. The predicted molar refractivity (Wildman–Crippen MR) is 64.5 cm³/mol. The molecule has 0 atom stereocenters. The first kappa shape index (κ1) is 11.7. The Morgan fingerprint density at radius 3 is 3.06 bits per heavy atom. The molecule has 2 heterocycles. The summed E-state index contributed by atoms with van der Waals surface area (Å²) in [5.74, 6) is 1.95. The van der Waals surface area contributed by atoms with Crippen molar-refractivity contribution in [3.05, 3.63) is 35.6 Å². The van der Waals surface area contributed by atoms with Gasteiger partial charge in [0.05, 0.1) is 13.4 Å². The summed E-state index contributed by atoms with van der Waals surface area (Å²) >= 11 is 5.87. The number of nitrogens with one attached hydrogen (secondary N) is 1. The normalized spacial score (nSPS) is 10.2. The summed E-state index contributed by atoms with van der Waals surface area (Å²) in [5, 5.41) is 3.42. The first-order chi connectivity index (χ1) is 8.31. The number of furan rings is 1. The van der Waals surface area contributed by atoms with Gasteiger partial charge in [0, 0.05) is 13.0 Å². The fourth-order valence-corrected chi connectivity index (χ4v) is 1.63. The molecule has 5 nitrogen and oxygen atoms in total. The number of rotatable bonds is 5. The van der Waals surface area contributed by atoms with Crippen molar-refractivity contribution in [2.75, 3.05) is 19.0 Å². The Labute approximate surface area is 104 Å². The number of hydrogen-bond donors (Lipinski definition) is 1. The zero-order valence-corrected chi connectivity index (χ0v) is 10.1. The summed E-state index contributed by atoms with van der Waals surface area (Å²) in [6.45, 7) is 0.678. The molecule has 0 aliphatic rings. The quantitative estimate of drug-likeness (QED) is 0.829. The van der Waals surface area contributed by atoms with Crippen molar-refractivity contribution >= 4 is 17.4 Å². The van der Waals surface area contributed by atoms with Crippen molar-refractivity contribution in [2.24, 2.45) is 0 Å². The molecule has 0 spiro atoms. The molecule has 0 saturated heterocycles. The van der Waals surface area contributed by atoms with Crippen LogP contribution in [0, 0.1) is 0 Å². The van der Waals surface area contributed by atoms with Gasteiger partial charge >= 0.3 is 0 Å². The summed E-state index contributed by atoms with van der Waals surface area (Å²) < 4.78 is 10.3. The second-order valence-corrected chi connectivity index (χ2v) is 3.66. The summed E-state index contributed by atoms with van der Waals surface area (Å²) in [4.78, 5) is 7.91. The second-order valence-electron chi connectivity index (χ2n) is 3.30. The molecule has 2 rings (SSSR count). The van der Waals surface area contributed by atoms with Crippen LogP contribution in [0.3, 0.4) is 0 Å². The van der Waals surface area contributed by atoms with Crippen LogP contribution in [0.5, 0.6) is 5.75 Å². The largest absolute Gasteiger partial charge is 0.490 e. The number of anilines is 1. The number of hydrogen-bond acceptors (Lipinski definition) is 5. The summed E-state index contributed by atoms with van der Waals surface area (Å²) in [6, 6.07) is 3.78. The minimum absolute atomic E-state index is 0.294. The van der Waals surface area contributed by atoms with E-state index in [9.17, 15) is 0 Å². The zero-order chi connectivity index (χ0) is 12.1. The number of methoxy groups -OCH3 is 1. The molecule has 0 radical (unpaired) electrons. The molecule has 0 fully saturated rings. The fraction of sp³-hybridized carbons (Fsp3) is 0.273. The molecule has 2 aromatic rings. The minimum Gasteiger partial charge on any atom is -0.490 e. The van der Waals surface area contributed by atoms with E-state index < -0.39 is 0 Å². The molecule has 0 aromatic carbocycles. The summed E-state index contributed by atoms with van der Waals surface area (Å²) in [6.07, 6.45) is 3.80. The van der Waals surface area contributed by atoms with Crippen molar-refractivity contribution in [3.8, 4) is 5.75 Å². The topological polar surface area (TPSA) is 60.2 Å². The van der Waals surface area contributed by atoms with Gasteiger partial charge in [-0.25, -0.2) is 9.97 Å². The van der Waals surface area contributed by atoms with Gasteiger partial charge in [-0.15, -0.1) is 0 Å². The maximum Gasteiger partial charge on any atom is 0.198 e. The van der Waals surface area contributed by atoms with E-state index >= 15 is 0 Å². The molecule has 0 unspecified atom stereocenters. The highest BCUT2D eigenvalue weighted by Gasteiger charge is 2.09. The van der Waals surface area contributed by atoms with Crippen LogP contribution in [0.1, 0.15) is 5.76 Å². The Hall–Kier alpha value is -1.75. The van der Waals surface area contributed by atoms with E-state index in [1.165, 1.54) is 13.4 Å². The molecule has 6 heteroatoms. The summed E-state index contributed by atoms with van der Waals surface area (Å²) in [5.41, 5.74) is 0. The van der Waals surface area contributed by atoms with Crippen molar-refractivity contribution in [1.82, 2.24) is 9.97 Å². The van der Waals surface area contributed by atoms with E-state index in [1.54, 1.807) is 6.26 Å². The van der Waals surface area contributed by atoms with Crippen LogP contribution < -0.4 is 10.1 Å². The van der Waals surface area contributed by atoms with Gasteiger partial charge in [0.15, 0.2) is 16.7 Å². The van der Waals surface area contributed by atoms with Crippen molar-refractivity contribution in [3.63, 3.8) is 0 Å². The molecule has 0 bridgehead atoms. The first-order valence-corrected chi connectivity index (χ1v) is 5.50. The van der Waals surface area contributed by atoms with Crippen LogP contribution in [-0.4, -0.2) is 23.6 Å². The van der Waals surface area contributed by atoms with E-state index in [4.69, 9.17) is 20.8 Å². The van der Waals surface area contributed by atoms with Crippen LogP contribution in [0.2, 0.25) is 5.15 Å². The average Bonchev–Trinajstić information content (AvgIpc) is 2.82. The minimum atomic E-state index is 0.294. The van der Waals surface area contributed by atoms with Gasteiger partial charge in [-0.05, 0) is 12.1 Å². The maximum atomic E-state index is 5.87. The number of ether oxygens (including phenoxy) is 1. The number of aromatic nitrogens is 2. The van der Waals surface area contributed by atoms with E-state index in [2.05, 4.69) is 15.3 Å². The molecule has 1 N–H and O–H groups in total. The Bertz CT molecular complexity index is 474. The van der Waals surface area contributed by atoms with Crippen LogP contribution in [-0.2, 0) is 6.42 Å². The predicted octanol–water partition coefficient (Wildman–Crippen LogP) is 2.39. The van der Waals surface area contributed by atoms with E-state index in [0.29, 0.717) is 23.3 Å². The van der Waals surface area contributed by atoms with Gasteiger partial charge in [0.25, 0.3) is 0 Å². The van der Waals surface area contributed by atoms with Crippen LogP contribution in [0.15, 0.2) is 29.1 Å². The van der Waals surface area contributed by atoms with Gasteiger partial charge < -0.3 is 14.5 Å². The van der Waals surface area contributed by atoms with Gasteiger partial charge in [-0.2, -0.15) is 0 Å². The van der Waals surface area contributed by atoms with Crippen molar-refractivity contribution in [2.45, 2.75) is 6.42 Å². The SMILES string of the molecule is COc1c(Cl)ncnc1NCCc1ccco1. The highest BCUT2D eigenvalue weighted by atomic mass is 35.5. The fourth-order valence-electron chi connectivity index (χ4n) is 1.42. The van der Waals surface area contributed by atoms with Gasteiger partial charge in [-0.3, -0.25) is 0 Å². The molecular weight excluding hydrogens is 242 g/mol. The van der Waals surface area contributed by atoms with Crippen LogP contribution in [0.4, 0.5) is 5.82 Å². The monoisotopic (exact) mass is 253 g/mol. The number of nitrogens with zero attached hydrogens (tertiary/aromatic N) is 2. The third kappa shape index (κ3) is 2.88. The maximum absolute atomic E-state index is 5.87. The van der Waals surface area contributed by atoms with Crippen LogP contribution >= 0.6 is 11.6 Å². The molecule has 0 saturated carbocycles. The lowest BCUT2D eigenvalue weighted by Gasteiger charge is -2.09. The molecule has 2 aromatic heterocycles. The Morgan fingerprint density at radius 2 is 2.35 bits per heavy atom. The molecular formula is C11H12ClN3O2. The highest BCUT2D eigenvalue weighted by Crippen LogP contribution is 2.28. The van der Waals surface area contributed by atoms with Crippen molar-refractivity contribution < 1.29 is 9.15 Å². The Balaban J connectivity index is 1.97. The number of halogens is 1. The zero-order valence-electron chi connectivity index (χ0n) is 9.31. The smallest absolute Gasteiger partial charge is 0.198 e. The highest BCUT2D eigenvalue weighted by molar-refractivity contribution is 6.31. The lowest BCUT2D eigenvalue weighted by Crippen LogP contribution is -2.07. The molecule has 0 aliphatic heterocycles. The van der Waals surface area contributed by atoms with Gasteiger partial charge in [-0.1, -0.05) is 11.6 Å². The standard InChI is InChI=1S/C11H12ClN3O2/c1-16-9-10(12)14-7-15-11(9)13-5-4-8-3-2-6-17-8/h2-3,6-7H,4-5H2,1H3,(H,13,14,15). The summed E-state index contributed by atoms with van der Waals surface area (Å²) in [7, 11) is 1.53. The second kappa shape index (κ2) is 5.54.